The summed E-state index contributed by atoms with van der Waals surface area (Å²) in [5, 5.41) is 28.7. The van der Waals surface area contributed by atoms with Gasteiger partial charge in [-0.25, -0.2) is 18.4 Å². The van der Waals surface area contributed by atoms with Gasteiger partial charge in [0.25, 0.3) is 0 Å². The number of nitrogens with one attached hydrogen (secondary N) is 1. The lowest BCUT2D eigenvalue weighted by molar-refractivity contribution is -0.393. The second kappa shape index (κ2) is 13.5. The van der Waals surface area contributed by atoms with E-state index in [9.17, 15) is 18.5 Å². The number of nitro groups is 1. The fraction of sp³-hybridized carbons (Fsp3) is 0.467. The number of sulfonamides is 1. The fourth-order valence-corrected chi connectivity index (χ4v) is 7.33. The smallest absolute Gasteiger partial charge is 0.349 e. The van der Waals surface area contributed by atoms with E-state index in [1.54, 1.807) is 13.0 Å². The molecule has 1 saturated heterocycles. The van der Waals surface area contributed by atoms with Gasteiger partial charge >= 0.3 is 5.82 Å². The molecular weight excluding hydrogens is 642 g/mol. The van der Waals surface area contributed by atoms with E-state index in [1.165, 1.54) is 31.8 Å². The molecule has 0 spiro atoms. The van der Waals surface area contributed by atoms with E-state index in [0.29, 0.717) is 73.3 Å². The molecule has 1 aliphatic carbocycles. The maximum Gasteiger partial charge on any atom is 0.349 e. The van der Waals surface area contributed by atoms with Crippen LogP contribution in [0.3, 0.4) is 0 Å². The summed E-state index contributed by atoms with van der Waals surface area (Å²) in [4.78, 5) is 31.3. The monoisotopic (exact) mass is 677 g/mol. The van der Waals surface area contributed by atoms with Crippen molar-refractivity contribution in [1.82, 2.24) is 29.7 Å². The number of hydrogen-bond acceptors (Lipinski definition) is 14. The number of aromatic nitrogens is 6. The van der Waals surface area contributed by atoms with Crippen LogP contribution in [0, 0.1) is 21.4 Å². The van der Waals surface area contributed by atoms with E-state index in [-0.39, 0.29) is 29.2 Å². The Kier molecular flexibility index (Phi) is 9.24. The Morgan fingerprint density at radius 2 is 1.83 bits per heavy atom. The van der Waals surface area contributed by atoms with Gasteiger partial charge in [0.2, 0.25) is 21.9 Å². The first-order chi connectivity index (χ1) is 23.0. The first kappa shape index (κ1) is 32.8. The molecule has 5 heterocycles. The van der Waals surface area contributed by atoms with Crippen molar-refractivity contribution in [3.63, 3.8) is 0 Å². The summed E-state index contributed by atoms with van der Waals surface area (Å²) >= 11 is 0. The summed E-state index contributed by atoms with van der Waals surface area (Å²) in [5.74, 6) is 1.16. The maximum absolute atomic E-state index is 13.2. The lowest BCUT2D eigenvalue weighted by atomic mass is 9.93. The van der Waals surface area contributed by atoms with Gasteiger partial charge in [-0.05, 0) is 43.6 Å². The van der Waals surface area contributed by atoms with E-state index in [2.05, 4.69) is 30.3 Å². The second-order valence-corrected chi connectivity index (χ2v) is 13.7. The fourth-order valence-electron chi connectivity index (χ4n) is 6.15. The molecule has 4 aromatic rings. The van der Waals surface area contributed by atoms with Gasteiger partial charge in [-0.3, -0.25) is 9.29 Å². The second-order valence-electron chi connectivity index (χ2n) is 11.8. The normalized spacial score (nSPS) is 19.0. The van der Waals surface area contributed by atoms with Gasteiger partial charge in [0, 0.05) is 25.2 Å². The molecule has 1 unspecified atom stereocenters. The average Bonchev–Trinajstić information content (AvgIpc) is 3.47. The molecule has 18 heteroatoms. The van der Waals surface area contributed by atoms with Crippen LogP contribution in [0.25, 0.3) is 10.9 Å². The van der Waals surface area contributed by atoms with Crippen LogP contribution in [0.5, 0.6) is 5.88 Å². The lowest BCUT2D eigenvalue weighted by Gasteiger charge is -2.31. The van der Waals surface area contributed by atoms with Gasteiger partial charge < -0.3 is 29.8 Å². The topological polar surface area (TPSA) is 207 Å². The Balaban J connectivity index is 1.31. The highest BCUT2D eigenvalue weighted by Crippen LogP contribution is 2.38. The van der Waals surface area contributed by atoms with E-state index in [1.807, 2.05) is 12.1 Å². The summed E-state index contributed by atoms with van der Waals surface area (Å²) in [7, 11) is -2.52. The van der Waals surface area contributed by atoms with Crippen molar-refractivity contribution in [3.8, 4) is 11.9 Å². The van der Waals surface area contributed by atoms with E-state index < -0.39 is 21.0 Å². The standard InChI is InChI=1S/C30H35N11O6S/c1-19(25-18-35-38(2)29(25)41(42)43)40(48(3,44)45)22-12-24-26(32-17-22)13-27(39-8-10-46-11-9-39)37-28(24)47-23-6-4-21(5-7-23)36-30-33-15-20(14-31)16-34-30/h12-13,15-19,21,23H,4-11H2,1-3H3,(H,33,34,36). The average molecular weight is 678 g/mol. The summed E-state index contributed by atoms with van der Waals surface area (Å²) in [6.45, 7) is 3.98. The largest absolute Gasteiger partial charge is 0.474 e. The summed E-state index contributed by atoms with van der Waals surface area (Å²) in [6.07, 6.45) is 9.56. The number of morpholine rings is 1. The number of anilines is 3. The van der Waals surface area contributed by atoms with E-state index in [4.69, 9.17) is 19.7 Å². The Hall–Kier alpha value is -5.15. The quantitative estimate of drug-likeness (QED) is 0.189. The third kappa shape index (κ3) is 6.92. The molecule has 17 nitrogen and oxygen atoms in total. The summed E-state index contributed by atoms with van der Waals surface area (Å²) in [6, 6.07) is 4.66. The number of nitriles is 1. The van der Waals surface area contributed by atoms with Crippen molar-refractivity contribution in [1.29, 1.82) is 5.26 Å². The number of pyridine rings is 2. The van der Waals surface area contributed by atoms with E-state index >= 15 is 0 Å². The molecule has 0 aromatic carbocycles. The summed E-state index contributed by atoms with van der Waals surface area (Å²) < 4.78 is 40.8. The molecule has 1 aliphatic heterocycles. The molecule has 252 valence electrons. The van der Waals surface area contributed by atoms with Crippen molar-refractivity contribution in [3.05, 3.63) is 58.2 Å². The van der Waals surface area contributed by atoms with Gasteiger partial charge in [-0.1, -0.05) is 5.10 Å². The van der Waals surface area contributed by atoms with E-state index in [0.717, 1.165) is 28.1 Å². The lowest BCUT2D eigenvalue weighted by Crippen LogP contribution is -2.37. The molecule has 2 aliphatic rings. The molecule has 6 rings (SSSR count). The summed E-state index contributed by atoms with van der Waals surface area (Å²) in [5.41, 5.74) is 1.30. The van der Waals surface area contributed by atoms with Gasteiger partial charge in [-0.15, -0.1) is 4.68 Å². The molecule has 2 fully saturated rings. The minimum absolute atomic E-state index is 0.122. The Morgan fingerprint density at radius 1 is 1.12 bits per heavy atom. The van der Waals surface area contributed by atoms with Gasteiger partial charge in [0.1, 0.15) is 25.0 Å². The molecular formula is C30H35N11O6S. The number of hydrogen-bond donors (Lipinski definition) is 1. The van der Waals surface area contributed by atoms with Crippen molar-refractivity contribution in [2.45, 2.75) is 50.8 Å². The Bertz CT molecular complexity index is 1950. The molecule has 1 saturated carbocycles. The molecule has 48 heavy (non-hydrogen) atoms. The molecule has 0 amide bonds. The zero-order valence-electron chi connectivity index (χ0n) is 26.7. The molecule has 1 N–H and O–H groups in total. The van der Waals surface area contributed by atoms with Crippen LogP contribution >= 0.6 is 0 Å². The highest BCUT2D eigenvalue weighted by molar-refractivity contribution is 7.92. The van der Waals surface area contributed by atoms with Crippen LogP contribution in [0.4, 0.5) is 23.3 Å². The van der Waals surface area contributed by atoms with Gasteiger partial charge in [0.15, 0.2) is 0 Å². The molecule has 1 atom stereocenters. The highest BCUT2D eigenvalue weighted by atomic mass is 32.2. The molecule has 4 aromatic heterocycles. The minimum Gasteiger partial charge on any atom is -0.474 e. The highest BCUT2D eigenvalue weighted by Gasteiger charge is 2.33. The first-order valence-electron chi connectivity index (χ1n) is 15.5. The zero-order valence-corrected chi connectivity index (χ0v) is 27.5. The van der Waals surface area contributed by atoms with Crippen LogP contribution in [0.2, 0.25) is 0 Å². The Labute approximate surface area is 276 Å². The van der Waals surface area contributed by atoms with Gasteiger partial charge in [-0.2, -0.15) is 10.2 Å². The number of ether oxygens (including phenoxy) is 2. The maximum atomic E-state index is 13.2. The van der Waals surface area contributed by atoms with Crippen LogP contribution in [-0.2, 0) is 21.8 Å². The Morgan fingerprint density at radius 3 is 2.48 bits per heavy atom. The number of fused-ring (bicyclic) bond motifs is 1. The van der Waals surface area contributed by atoms with Crippen LogP contribution in [0.15, 0.2) is 36.9 Å². The van der Waals surface area contributed by atoms with Crippen molar-refractivity contribution < 1.29 is 22.8 Å². The zero-order chi connectivity index (χ0) is 34.0. The van der Waals surface area contributed by atoms with Crippen LogP contribution in [-0.4, -0.2) is 87.8 Å². The number of nitrogens with zero attached hydrogens (tertiary/aromatic N) is 10. The SMILES string of the molecule is CC(c1cnn(C)c1[N+](=O)[O-])N(c1cnc2cc(N3CCOCC3)nc(OC3CCC(Nc4ncc(C#N)cn4)CC3)c2c1)S(C)(=O)=O. The number of aryl methyl sites for hydroxylation is 1. The van der Waals surface area contributed by atoms with Crippen LogP contribution < -0.4 is 19.3 Å². The van der Waals surface area contributed by atoms with Gasteiger partial charge in [0.05, 0.1) is 78.0 Å². The first-order valence-corrected chi connectivity index (χ1v) is 17.3. The number of rotatable bonds is 10. The third-order valence-electron chi connectivity index (χ3n) is 8.54. The van der Waals surface area contributed by atoms with Crippen molar-refractivity contribution in [2.24, 2.45) is 7.05 Å². The predicted molar refractivity (Wildman–Crippen MR) is 175 cm³/mol. The van der Waals surface area contributed by atoms with Crippen molar-refractivity contribution in [2.75, 3.05) is 47.1 Å². The predicted octanol–water partition coefficient (Wildman–Crippen LogP) is 3.10. The van der Waals surface area contributed by atoms with Crippen LogP contribution in [0.1, 0.15) is 49.8 Å². The molecule has 0 bridgehead atoms. The van der Waals surface area contributed by atoms with Crippen molar-refractivity contribution >= 4 is 44.2 Å². The minimum atomic E-state index is -3.95. The third-order valence-corrected chi connectivity index (χ3v) is 9.78. The molecule has 0 radical (unpaired) electrons.